The zero-order valence-electron chi connectivity index (χ0n) is 10.8. The average Bonchev–Trinajstić information content (AvgIpc) is 2.39. The van der Waals surface area contributed by atoms with Gasteiger partial charge in [-0.25, -0.2) is 0 Å². The molecule has 104 valence electrons. The first-order valence-corrected chi connectivity index (χ1v) is 8.02. The van der Waals surface area contributed by atoms with E-state index in [-0.39, 0.29) is 5.12 Å². The third kappa shape index (κ3) is 6.84. The van der Waals surface area contributed by atoms with Gasteiger partial charge in [-0.1, -0.05) is 43.4 Å². The Morgan fingerprint density at radius 1 is 1.37 bits per heavy atom. The van der Waals surface area contributed by atoms with Gasteiger partial charge in [0.25, 0.3) is 0 Å². The molecule has 0 aliphatic carbocycles. The number of nitrogens with one attached hydrogen (secondary N) is 1. The van der Waals surface area contributed by atoms with Crippen molar-refractivity contribution in [3.05, 3.63) is 34.3 Å². The summed E-state index contributed by atoms with van der Waals surface area (Å²) in [7, 11) is 0. The van der Waals surface area contributed by atoms with E-state index in [0.717, 1.165) is 38.0 Å². The molecule has 0 radical (unpaired) electrons. The molecule has 1 aromatic heterocycles. The molecule has 0 amide bonds. The Labute approximate surface area is 128 Å². The quantitative estimate of drug-likeness (QED) is 0.441. The Kier molecular flexibility index (Phi) is 7.93. The summed E-state index contributed by atoms with van der Waals surface area (Å²) in [5, 5.41) is 0.0610. The van der Waals surface area contributed by atoms with Crippen molar-refractivity contribution in [2.75, 3.05) is 5.75 Å². The van der Waals surface area contributed by atoms with E-state index in [1.54, 1.807) is 0 Å². The van der Waals surface area contributed by atoms with Gasteiger partial charge in [-0.3, -0.25) is 4.79 Å². The fraction of sp³-hybridized carbons (Fsp3) is 0.462. The molecule has 0 atom stereocenters. The van der Waals surface area contributed by atoms with E-state index in [2.05, 4.69) is 11.6 Å². The lowest BCUT2D eigenvalue weighted by Crippen LogP contribution is -2.01. The highest BCUT2D eigenvalue weighted by Crippen LogP contribution is 2.09. The molecule has 19 heavy (non-hydrogen) atoms. The summed E-state index contributed by atoms with van der Waals surface area (Å²) in [6.07, 6.45) is 7.71. The first kappa shape index (κ1) is 16.3. The summed E-state index contributed by atoms with van der Waals surface area (Å²) in [5.41, 5.74) is 0. The van der Waals surface area contributed by atoms with Gasteiger partial charge in [0.05, 0.1) is 0 Å². The number of hydrogen-bond donors (Lipinski definition) is 1. The number of H-pyrrole nitrogens is 1. The van der Waals surface area contributed by atoms with Gasteiger partial charge >= 0.3 is 0 Å². The SMILES string of the molecule is C=CC(=O)SCCCCCCn1ccc(=S)[nH]c1=S. The van der Waals surface area contributed by atoms with Crippen LogP contribution in [0.4, 0.5) is 0 Å². The van der Waals surface area contributed by atoms with E-state index in [9.17, 15) is 4.79 Å². The Morgan fingerprint density at radius 2 is 2.11 bits per heavy atom. The van der Waals surface area contributed by atoms with Crippen LogP contribution in [0.5, 0.6) is 0 Å². The van der Waals surface area contributed by atoms with Crippen LogP contribution in [-0.2, 0) is 11.3 Å². The van der Waals surface area contributed by atoms with Crippen molar-refractivity contribution in [1.29, 1.82) is 0 Å². The van der Waals surface area contributed by atoms with Gasteiger partial charge in [0, 0.05) is 18.5 Å². The lowest BCUT2D eigenvalue weighted by atomic mass is 10.2. The Hall–Kier alpha value is -0.720. The minimum atomic E-state index is 0.0610. The molecule has 0 fully saturated rings. The van der Waals surface area contributed by atoms with Crippen molar-refractivity contribution >= 4 is 41.3 Å². The van der Waals surface area contributed by atoms with Crippen LogP contribution < -0.4 is 0 Å². The molecule has 0 bridgehead atoms. The van der Waals surface area contributed by atoms with Crippen molar-refractivity contribution in [3.63, 3.8) is 0 Å². The summed E-state index contributed by atoms with van der Waals surface area (Å²) in [6.45, 7) is 4.35. The van der Waals surface area contributed by atoms with Crippen LogP contribution >= 0.6 is 36.2 Å². The molecule has 0 saturated carbocycles. The normalized spacial score (nSPS) is 10.3. The number of aromatic nitrogens is 2. The molecule has 0 spiro atoms. The Morgan fingerprint density at radius 3 is 2.79 bits per heavy atom. The number of hydrogen-bond acceptors (Lipinski definition) is 4. The number of carbonyl (C=O) groups excluding carboxylic acids is 1. The van der Waals surface area contributed by atoms with Crippen molar-refractivity contribution in [2.45, 2.75) is 32.2 Å². The lowest BCUT2D eigenvalue weighted by Gasteiger charge is -2.06. The Balaban J connectivity index is 2.14. The number of aromatic amines is 1. The first-order chi connectivity index (χ1) is 9.13. The third-order valence-electron chi connectivity index (χ3n) is 2.60. The second-order valence-electron chi connectivity index (χ2n) is 4.09. The fourth-order valence-corrected chi connectivity index (χ4v) is 2.74. The molecular formula is C13H18N2OS3. The molecule has 0 aromatic carbocycles. The minimum Gasteiger partial charge on any atom is -0.325 e. The summed E-state index contributed by atoms with van der Waals surface area (Å²) in [6, 6.07) is 1.85. The fourth-order valence-electron chi connectivity index (χ4n) is 1.59. The van der Waals surface area contributed by atoms with Crippen molar-refractivity contribution in [2.24, 2.45) is 0 Å². The smallest absolute Gasteiger partial charge is 0.211 e. The summed E-state index contributed by atoms with van der Waals surface area (Å²) >= 11 is 11.5. The van der Waals surface area contributed by atoms with Crippen LogP contribution in [0.3, 0.4) is 0 Å². The maximum Gasteiger partial charge on any atom is 0.211 e. The van der Waals surface area contributed by atoms with Crippen LogP contribution in [-0.4, -0.2) is 20.4 Å². The average molecular weight is 315 g/mol. The van der Waals surface area contributed by atoms with Gasteiger partial charge < -0.3 is 9.55 Å². The summed E-state index contributed by atoms with van der Waals surface area (Å²) in [5.74, 6) is 0.878. The van der Waals surface area contributed by atoms with Gasteiger partial charge in [-0.05, 0) is 37.2 Å². The molecule has 0 saturated heterocycles. The van der Waals surface area contributed by atoms with Crippen LogP contribution in [0.25, 0.3) is 0 Å². The Bertz CT molecular complexity index is 533. The molecule has 3 nitrogen and oxygen atoms in total. The summed E-state index contributed by atoms with van der Waals surface area (Å²) < 4.78 is 3.35. The van der Waals surface area contributed by atoms with Crippen molar-refractivity contribution < 1.29 is 4.79 Å². The molecular weight excluding hydrogens is 296 g/mol. The zero-order valence-corrected chi connectivity index (χ0v) is 13.2. The van der Waals surface area contributed by atoms with Gasteiger partial charge in [0.2, 0.25) is 5.12 Å². The monoisotopic (exact) mass is 314 g/mol. The largest absolute Gasteiger partial charge is 0.325 e. The van der Waals surface area contributed by atoms with Crippen LogP contribution in [0.1, 0.15) is 25.7 Å². The highest BCUT2D eigenvalue weighted by atomic mass is 32.2. The van der Waals surface area contributed by atoms with E-state index >= 15 is 0 Å². The van der Waals surface area contributed by atoms with E-state index in [1.807, 2.05) is 16.8 Å². The number of nitrogens with zero attached hydrogens (tertiary/aromatic N) is 1. The molecule has 0 aliphatic rings. The van der Waals surface area contributed by atoms with Crippen LogP contribution in [0.2, 0.25) is 0 Å². The maximum atomic E-state index is 11.0. The van der Waals surface area contributed by atoms with E-state index in [0.29, 0.717) is 9.41 Å². The number of aryl methyl sites for hydroxylation is 1. The van der Waals surface area contributed by atoms with Crippen molar-refractivity contribution in [1.82, 2.24) is 9.55 Å². The second-order valence-corrected chi connectivity index (χ2v) is 6.02. The topological polar surface area (TPSA) is 37.8 Å². The molecule has 6 heteroatoms. The van der Waals surface area contributed by atoms with Gasteiger partial charge in [0.15, 0.2) is 4.77 Å². The van der Waals surface area contributed by atoms with Gasteiger partial charge in [-0.15, -0.1) is 0 Å². The molecule has 1 N–H and O–H groups in total. The number of carbonyl (C=O) groups is 1. The molecule has 1 rings (SSSR count). The third-order valence-corrected chi connectivity index (χ3v) is 4.12. The van der Waals surface area contributed by atoms with Crippen molar-refractivity contribution in [3.8, 4) is 0 Å². The molecule has 0 unspecified atom stereocenters. The lowest BCUT2D eigenvalue weighted by molar-refractivity contribution is -0.107. The van der Waals surface area contributed by atoms with E-state index < -0.39 is 0 Å². The molecule has 0 aliphatic heterocycles. The minimum absolute atomic E-state index is 0.0610. The maximum absolute atomic E-state index is 11.0. The first-order valence-electron chi connectivity index (χ1n) is 6.22. The predicted molar refractivity (Wildman–Crippen MR) is 86.6 cm³/mol. The number of unbranched alkanes of at least 4 members (excludes halogenated alkanes) is 3. The van der Waals surface area contributed by atoms with Gasteiger partial charge in [-0.2, -0.15) is 0 Å². The molecule has 1 aromatic rings. The number of rotatable bonds is 8. The van der Waals surface area contributed by atoms with Gasteiger partial charge in [0.1, 0.15) is 4.64 Å². The van der Waals surface area contributed by atoms with Crippen LogP contribution in [0, 0.1) is 9.41 Å². The highest BCUT2D eigenvalue weighted by molar-refractivity contribution is 8.14. The van der Waals surface area contributed by atoms with E-state index in [1.165, 1.54) is 17.8 Å². The highest BCUT2D eigenvalue weighted by Gasteiger charge is 1.97. The standard InChI is InChI=1S/C13H18N2OS3/c1-2-12(16)19-10-6-4-3-5-8-15-9-7-11(17)14-13(15)18/h2,7,9H,1,3-6,8,10H2,(H,14,17,18). The predicted octanol–water partition coefficient (Wildman–Crippen LogP) is 4.28. The number of thioether (sulfide) groups is 1. The summed E-state index contributed by atoms with van der Waals surface area (Å²) in [4.78, 5) is 13.9. The van der Waals surface area contributed by atoms with Crippen LogP contribution in [0.15, 0.2) is 24.9 Å². The van der Waals surface area contributed by atoms with E-state index in [4.69, 9.17) is 24.4 Å². The molecule has 1 heterocycles. The second kappa shape index (κ2) is 9.23. The zero-order chi connectivity index (χ0) is 14.1.